The van der Waals surface area contributed by atoms with Crippen LogP contribution in [0.5, 0.6) is 0 Å². The van der Waals surface area contributed by atoms with Crippen molar-refractivity contribution in [3.8, 4) is 0 Å². The molecule has 0 radical (unpaired) electrons. The van der Waals surface area contributed by atoms with E-state index in [1.807, 2.05) is 21.1 Å². The molecule has 0 saturated heterocycles. The molecule has 0 aromatic rings. The number of likely N-dealkylation sites (N-methyl/N-ethyl adjacent to an activating group) is 1. The van der Waals surface area contributed by atoms with Crippen LogP contribution in [-0.4, -0.2) is 80.6 Å². The van der Waals surface area contributed by atoms with Crippen LogP contribution in [0.25, 0.3) is 0 Å². The van der Waals surface area contributed by atoms with E-state index in [0.29, 0.717) is 19.3 Å². The maximum absolute atomic E-state index is 12.8. The van der Waals surface area contributed by atoms with E-state index in [-0.39, 0.29) is 36.2 Å². The third-order valence-electron chi connectivity index (χ3n) is 12.0. The summed E-state index contributed by atoms with van der Waals surface area (Å²) in [6, 6.07) is -0.615. The number of esters is 2. The minimum atomic E-state index is -0.874. The standard InChI is InChI=1S/C56H101NO7/c1-6-8-10-12-14-16-18-20-22-24-25-26-27-28-29-31-33-35-37-39-41-43-45-47-55(59)64-52(50-62-49-48-53(56(60)61)57(3,4)5)51-63-54(58)46-44-42-40-38-36-34-32-30-23-21-19-17-15-13-11-9-7-2/h8,10,14,16,20,22,25-26,52-53H,6-7,9,11-13,15,17-19,21,23-24,27-51H2,1-5H3/p+1/b10-8-,16-14-,22-20-,26-25-. The van der Waals surface area contributed by atoms with Gasteiger partial charge >= 0.3 is 17.9 Å². The number of hydrogen-bond donors (Lipinski definition) is 1. The van der Waals surface area contributed by atoms with Gasteiger partial charge < -0.3 is 23.8 Å². The van der Waals surface area contributed by atoms with Crippen molar-refractivity contribution in [1.82, 2.24) is 0 Å². The molecule has 0 saturated carbocycles. The quantitative estimate of drug-likeness (QED) is 0.0281. The second-order valence-corrected chi connectivity index (χ2v) is 19.1. The Morgan fingerprint density at radius 3 is 1.30 bits per heavy atom. The number of carboxylic acid groups (broad SMARTS) is 1. The van der Waals surface area contributed by atoms with Gasteiger partial charge in [0.2, 0.25) is 0 Å². The number of unbranched alkanes of at least 4 members (excludes halogenated alkanes) is 26. The molecule has 0 bridgehead atoms. The van der Waals surface area contributed by atoms with E-state index in [4.69, 9.17) is 14.2 Å². The molecule has 0 aliphatic rings. The summed E-state index contributed by atoms with van der Waals surface area (Å²) >= 11 is 0. The van der Waals surface area contributed by atoms with Crippen LogP contribution >= 0.6 is 0 Å². The number of allylic oxidation sites excluding steroid dienone is 8. The highest BCUT2D eigenvalue weighted by Gasteiger charge is 2.31. The summed E-state index contributed by atoms with van der Waals surface area (Å²) in [7, 11) is 5.54. The van der Waals surface area contributed by atoms with Crippen molar-refractivity contribution in [3.63, 3.8) is 0 Å². The Bertz CT molecular complexity index is 1190. The second kappa shape index (κ2) is 46.8. The van der Waals surface area contributed by atoms with Crippen molar-refractivity contribution < 1.29 is 38.2 Å². The predicted octanol–water partition coefficient (Wildman–Crippen LogP) is 15.5. The minimum Gasteiger partial charge on any atom is -0.477 e. The van der Waals surface area contributed by atoms with Crippen LogP contribution in [0.4, 0.5) is 0 Å². The number of quaternary nitrogens is 1. The average Bonchev–Trinajstić information content (AvgIpc) is 3.26. The minimum absolute atomic E-state index is 0.0499. The highest BCUT2D eigenvalue weighted by molar-refractivity contribution is 5.72. The molecular weight excluding hydrogens is 799 g/mol. The van der Waals surface area contributed by atoms with Crippen LogP contribution < -0.4 is 0 Å². The molecule has 8 heteroatoms. The number of carbonyl (C=O) groups excluding carboxylic acids is 2. The van der Waals surface area contributed by atoms with E-state index in [1.165, 1.54) is 141 Å². The molecule has 0 amide bonds. The molecule has 0 aliphatic carbocycles. The summed E-state index contributed by atoms with van der Waals surface area (Å²) in [6.07, 6.45) is 57.3. The van der Waals surface area contributed by atoms with Crippen LogP contribution in [0.2, 0.25) is 0 Å². The fraction of sp³-hybridized carbons (Fsp3) is 0.804. The number of aliphatic carboxylic acids is 1. The van der Waals surface area contributed by atoms with E-state index < -0.39 is 18.1 Å². The molecule has 2 atom stereocenters. The lowest BCUT2D eigenvalue weighted by Gasteiger charge is -2.31. The van der Waals surface area contributed by atoms with Gasteiger partial charge in [0, 0.05) is 19.3 Å². The van der Waals surface area contributed by atoms with Gasteiger partial charge in [0.1, 0.15) is 6.61 Å². The van der Waals surface area contributed by atoms with Gasteiger partial charge in [-0.25, -0.2) is 4.79 Å². The van der Waals surface area contributed by atoms with Gasteiger partial charge in [0.15, 0.2) is 12.1 Å². The van der Waals surface area contributed by atoms with Gasteiger partial charge in [0.05, 0.1) is 34.4 Å². The van der Waals surface area contributed by atoms with Crippen LogP contribution in [0.1, 0.15) is 239 Å². The molecule has 0 spiro atoms. The monoisotopic (exact) mass is 901 g/mol. The zero-order valence-electron chi connectivity index (χ0n) is 42.5. The first-order valence-corrected chi connectivity index (χ1v) is 26.7. The highest BCUT2D eigenvalue weighted by Crippen LogP contribution is 2.16. The second-order valence-electron chi connectivity index (χ2n) is 19.1. The van der Waals surface area contributed by atoms with Crippen molar-refractivity contribution in [2.24, 2.45) is 0 Å². The van der Waals surface area contributed by atoms with Gasteiger partial charge in [-0.2, -0.15) is 0 Å². The van der Waals surface area contributed by atoms with Gasteiger partial charge in [-0.05, 0) is 51.4 Å². The summed E-state index contributed by atoms with van der Waals surface area (Å²) in [5.74, 6) is -1.46. The average molecular weight is 901 g/mol. The lowest BCUT2D eigenvalue weighted by Crippen LogP contribution is -2.50. The van der Waals surface area contributed by atoms with E-state index >= 15 is 0 Å². The van der Waals surface area contributed by atoms with Crippen molar-refractivity contribution in [2.45, 2.75) is 251 Å². The Balaban J connectivity index is 4.20. The number of nitrogens with zero attached hydrogens (tertiary/aromatic N) is 1. The fourth-order valence-corrected chi connectivity index (χ4v) is 7.91. The number of carboxylic acids is 1. The van der Waals surface area contributed by atoms with Gasteiger partial charge in [0.25, 0.3) is 0 Å². The Morgan fingerprint density at radius 1 is 0.484 bits per heavy atom. The lowest BCUT2D eigenvalue weighted by molar-refractivity contribution is -0.887. The summed E-state index contributed by atoms with van der Waals surface area (Å²) in [5, 5.41) is 9.66. The van der Waals surface area contributed by atoms with Crippen molar-refractivity contribution in [3.05, 3.63) is 48.6 Å². The third kappa shape index (κ3) is 44.5. The molecule has 2 unspecified atom stereocenters. The van der Waals surface area contributed by atoms with Crippen molar-refractivity contribution >= 4 is 17.9 Å². The molecule has 0 aromatic heterocycles. The molecule has 64 heavy (non-hydrogen) atoms. The Hall–Kier alpha value is -2.71. The van der Waals surface area contributed by atoms with E-state index in [1.54, 1.807) is 0 Å². The number of ether oxygens (including phenoxy) is 3. The summed E-state index contributed by atoms with van der Waals surface area (Å²) in [6.45, 7) is 4.66. The topological polar surface area (TPSA) is 99.1 Å². The third-order valence-corrected chi connectivity index (χ3v) is 12.0. The lowest BCUT2D eigenvalue weighted by atomic mass is 10.0. The SMILES string of the molecule is CC/C=C\C/C=C\C/C=C\C/C=C\CCCCCCCCCCCCC(=O)OC(COCCC(C(=O)O)[N+](C)(C)C)COC(=O)CCCCCCCCCCCCCCCCCCC. The van der Waals surface area contributed by atoms with Crippen molar-refractivity contribution in [1.29, 1.82) is 0 Å². The molecule has 0 heterocycles. The zero-order valence-corrected chi connectivity index (χ0v) is 42.5. The maximum atomic E-state index is 12.8. The zero-order chi connectivity index (χ0) is 47.0. The number of rotatable bonds is 48. The van der Waals surface area contributed by atoms with Crippen LogP contribution in [0.15, 0.2) is 48.6 Å². The molecule has 0 aromatic carbocycles. The molecule has 0 rings (SSSR count). The summed E-state index contributed by atoms with van der Waals surface area (Å²) in [5.41, 5.74) is 0. The molecule has 8 nitrogen and oxygen atoms in total. The number of carbonyl (C=O) groups is 3. The molecule has 0 aliphatic heterocycles. The largest absolute Gasteiger partial charge is 0.477 e. The number of hydrogen-bond acceptors (Lipinski definition) is 6. The molecule has 1 N–H and O–H groups in total. The smallest absolute Gasteiger partial charge is 0.362 e. The summed E-state index contributed by atoms with van der Waals surface area (Å²) < 4.78 is 17.4. The Labute approximate surface area is 395 Å². The first kappa shape index (κ1) is 61.3. The molecule has 372 valence electrons. The molecule has 0 fully saturated rings. The highest BCUT2D eigenvalue weighted by atomic mass is 16.6. The molecular formula is C56H102NO7+. The normalized spacial score (nSPS) is 13.2. The maximum Gasteiger partial charge on any atom is 0.362 e. The van der Waals surface area contributed by atoms with Gasteiger partial charge in [-0.3, -0.25) is 9.59 Å². The first-order chi connectivity index (χ1) is 31.1. The van der Waals surface area contributed by atoms with Gasteiger partial charge in [-0.1, -0.05) is 217 Å². The Morgan fingerprint density at radius 2 is 0.875 bits per heavy atom. The van der Waals surface area contributed by atoms with Crippen molar-refractivity contribution in [2.75, 3.05) is 41.0 Å². The van der Waals surface area contributed by atoms with Gasteiger partial charge in [-0.15, -0.1) is 0 Å². The van der Waals surface area contributed by atoms with Crippen LogP contribution in [0, 0.1) is 0 Å². The van der Waals surface area contributed by atoms with E-state index in [9.17, 15) is 19.5 Å². The first-order valence-electron chi connectivity index (χ1n) is 26.7. The fourth-order valence-electron chi connectivity index (χ4n) is 7.91. The van der Waals surface area contributed by atoms with Crippen LogP contribution in [-0.2, 0) is 28.6 Å². The van der Waals surface area contributed by atoms with E-state index in [2.05, 4.69) is 62.5 Å². The van der Waals surface area contributed by atoms with Crippen LogP contribution in [0.3, 0.4) is 0 Å². The predicted molar refractivity (Wildman–Crippen MR) is 271 cm³/mol. The Kier molecular flexibility index (Phi) is 44.8. The van der Waals surface area contributed by atoms with E-state index in [0.717, 1.165) is 64.2 Å². The summed E-state index contributed by atoms with van der Waals surface area (Å²) in [4.78, 5) is 37.2.